The minimum atomic E-state index is -0.882. The third-order valence-electron chi connectivity index (χ3n) is 8.38. The normalized spacial score (nSPS) is 23.2. The number of esters is 3. The van der Waals surface area contributed by atoms with Crippen molar-refractivity contribution in [3.05, 3.63) is 45.4 Å². The first-order chi connectivity index (χ1) is 18.6. The molecule has 208 valence electrons. The van der Waals surface area contributed by atoms with Gasteiger partial charge in [0.15, 0.2) is 11.5 Å². The SMILES string of the molecule is CC(=O)Oc1cc2c(cc1Cl)C1(CCCCC1)[C@@H]1CCCC[C@]1(c1cc(Cl)c(OC(C)=O)cc1OC(C)=O)O2. The third-order valence-corrected chi connectivity index (χ3v) is 8.97. The predicted molar refractivity (Wildman–Crippen MR) is 146 cm³/mol. The molecule has 0 N–H and O–H groups in total. The van der Waals surface area contributed by atoms with Gasteiger partial charge in [0, 0.05) is 55.4 Å². The molecule has 5 rings (SSSR count). The standard InChI is InChI=1S/C30H32Cl2O7/c1-17(33)36-24-15-26(37-18(2)34)23(32)14-21(24)30-12-8-5-9-28(30)29(10-6-4-7-11-29)20-13-22(31)27(38-19(3)35)16-25(20)39-30/h13-16,28H,4-12H2,1-3H3/t28-,30+/m0/s1. The molecule has 1 heterocycles. The zero-order chi connectivity index (χ0) is 27.9. The van der Waals surface area contributed by atoms with Crippen LogP contribution in [-0.4, -0.2) is 17.9 Å². The van der Waals surface area contributed by atoms with E-state index in [1.165, 1.54) is 26.8 Å². The Morgan fingerprint density at radius 2 is 1.26 bits per heavy atom. The molecule has 0 unspecified atom stereocenters. The first-order valence-corrected chi connectivity index (χ1v) is 14.2. The van der Waals surface area contributed by atoms with E-state index in [0.717, 1.165) is 56.9 Å². The van der Waals surface area contributed by atoms with Gasteiger partial charge in [-0.3, -0.25) is 14.4 Å². The van der Waals surface area contributed by atoms with Crippen LogP contribution in [0, 0.1) is 5.92 Å². The first-order valence-electron chi connectivity index (χ1n) is 13.5. The highest BCUT2D eigenvalue weighted by Gasteiger charge is 2.60. The lowest BCUT2D eigenvalue weighted by atomic mass is 9.51. The highest BCUT2D eigenvalue weighted by Crippen LogP contribution is 2.65. The number of hydrogen-bond acceptors (Lipinski definition) is 7. The lowest BCUT2D eigenvalue weighted by Gasteiger charge is -2.59. The molecule has 0 radical (unpaired) electrons. The van der Waals surface area contributed by atoms with Crippen molar-refractivity contribution < 1.29 is 33.3 Å². The van der Waals surface area contributed by atoms with Crippen LogP contribution in [0.25, 0.3) is 0 Å². The minimum Gasteiger partial charge on any atom is -0.482 e. The molecule has 0 bridgehead atoms. The second kappa shape index (κ2) is 10.7. The zero-order valence-electron chi connectivity index (χ0n) is 22.4. The molecule has 0 aromatic heterocycles. The van der Waals surface area contributed by atoms with E-state index < -0.39 is 23.5 Å². The van der Waals surface area contributed by atoms with E-state index >= 15 is 0 Å². The number of carbonyl (C=O) groups is 3. The molecule has 2 fully saturated rings. The highest BCUT2D eigenvalue weighted by atomic mass is 35.5. The number of carbonyl (C=O) groups excluding carboxylic acids is 3. The van der Waals surface area contributed by atoms with Crippen LogP contribution in [0.15, 0.2) is 24.3 Å². The maximum atomic E-state index is 12.2. The summed E-state index contributed by atoms with van der Waals surface area (Å²) in [7, 11) is 0. The summed E-state index contributed by atoms with van der Waals surface area (Å²) >= 11 is 13.3. The summed E-state index contributed by atoms with van der Waals surface area (Å²) in [6.07, 6.45) is 8.72. The van der Waals surface area contributed by atoms with Crippen LogP contribution in [0.5, 0.6) is 23.0 Å². The van der Waals surface area contributed by atoms with Gasteiger partial charge in [0.2, 0.25) is 0 Å². The van der Waals surface area contributed by atoms with Gasteiger partial charge in [0.1, 0.15) is 17.1 Å². The molecule has 2 aliphatic carbocycles. The van der Waals surface area contributed by atoms with Crippen molar-refractivity contribution in [3.8, 4) is 23.0 Å². The summed E-state index contributed by atoms with van der Waals surface area (Å²) in [6, 6.07) is 6.82. The van der Waals surface area contributed by atoms with E-state index in [-0.39, 0.29) is 33.6 Å². The topological polar surface area (TPSA) is 88.1 Å². The quantitative estimate of drug-likeness (QED) is 0.276. The van der Waals surface area contributed by atoms with Crippen molar-refractivity contribution in [3.63, 3.8) is 0 Å². The van der Waals surface area contributed by atoms with E-state index in [0.29, 0.717) is 22.8 Å². The van der Waals surface area contributed by atoms with Crippen LogP contribution in [0.3, 0.4) is 0 Å². The second-order valence-corrected chi connectivity index (χ2v) is 11.7. The van der Waals surface area contributed by atoms with Crippen LogP contribution >= 0.6 is 23.2 Å². The highest BCUT2D eigenvalue weighted by molar-refractivity contribution is 6.32. The molecule has 0 amide bonds. The lowest BCUT2D eigenvalue weighted by Crippen LogP contribution is -2.57. The van der Waals surface area contributed by atoms with Crippen molar-refractivity contribution >= 4 is 41.1 Å². The number of halogens is 2. The van der Waals surface area contributed by atoms with Crippen molar-refractivity contribution in [2.45, 2.75) is 89.6 Å². The monoisotopic (exact) mass is 574 g/mol. The Morgan fingerprint density at radius 1 is 0.718 bits per heavy atom. The molecule has 7 nitrogen and oxygen atoms in total. The van der Waals surface area contributed by atoms with Crippen molar-refractivity contribution in [1.82, 2.24) is 0 Å². The Hall–Kier alpha value is -2.77. The van der Waals surface area contributed by atoms with Crippen molar-refractivity contribution in [2.24, 2.45) is 5.92 Å². The van der Waals surface area contributed by atoms with Gasteiger partial charge in [-0.05, 0) is 44.2 Å². The molecular weight excluding hydrogens is 543 g/mol. The summed E-state index contributed by atoms with van der Waals surface area (Å²) in [4.78, 5) is 35.8. The fourth-order valence-electron chi connectivity index (χ4n) is 7.13. The van der Waals surface area contributed by atoms with Crippen LogP contribution in [0.2, 0.25) is 10.0 Å². The van der Waals surface area contributed by atoms with E-state index in [4.69, 9.17) is 42.1 Å². The molecule has 2 aromatic rings. The lowest BCUT2D eigenvalue weighted by molar-refractivity contribution is -0.133. The average Bonchev–Trinajstić information content (AvgIpc) is 2.87. The number of rotatable bonds is 4. The summed E-state index contributed by atoms with van der Waals surface area (Å²) in [6.45, 7) is 3.94. The second-order valence-electron chi connectivity index (χ2n) is 10.8. The van der Waals surface area contributed by atoms with Crippen LogP contribution in [-0.2, 0) is 25.4 Å². The maximum absolute atomic E-state index is 12.2. The van der Waals surface area contributed by atoms with E-state index in [1.54, 1.807) is 12.1 Å². The van der Waals surface area contributed by atoms with Crippen molar-refractivity contribution in [1.29, 1.82) is 0 Å². The molecule has 9 heteroatoms. The van der Waals surface area contributed by atoms with Crippen molar-refractivity contribution in [2.75, 3.05) is 0 Å². The molecule has 3 aliphatic rings. The molecule has 1 spiro atoms. The van der Waals surface area contributed by atoms with Gasteiger partial charge in [-0.25, -0.2) is 0 Å². The van der Waals surface area contributed by atoms with E-state index in [9.17, 15) is 14.4 Å². The van der Waals surface area contributed by atoms with Gasteiger partial charge in [-0.2, -0.15) is 0 Å². The van der Waals surface area contributed by atoms with Gasteiger partial charge < -0.3 is 18.9 Å². The van der Waals surface area contributed by atoms with Gasteiger partial charge >= 0.3 is 17.9 Å². The Labute approximate surface area is 238 Å². The number of fused-ring (bicyclic) bond motifs is 4. The molecule has 1 aliphatic heterocycles. The Balaban J connectivity index is 1.76. The summed E-state index contributed by atoms with van der Waals surface area (Å²) in [5.41, 5.74) is 0.553. The fourth-order valence-corrected chi connectivity index (χ4v) is 7.53. The van der Waals surface area contributed by atoms with Gasteiger partial charge in [-0.1, -0.05) is 48.9 Å². The number of benzene rings is 2. The van der Waals surface area contributed by atoms with Gasteiger partial charge in [-0.15, -0.1) is 0 Å². The molecule has 2 saturated carbocycles. The summed E-state index contributed by atoms with van der Waals surface area (Å²) < 4.78 is 23.5. The van der Waals surface area contributed by atoms with E-state index in [2.05, 4.69) is 0 Å². The van der Waals surface area contributed by atoms with Crippen LogP contribution in [0.4, 0.5) is 0 Å². The minimum absolute atomic E-state index is 0.0483. The van der Waals surface area contributed by atoms with E-state index in [1.807, 2.05) is 6.07 Å². The Bertz CT molecular complexity index is 1330. The fraction of sp³-hybridized carbons (Fsp3) is 0.500. The summed E-state index contributed by atoms with van der Waals surface area (Å²) in [5, 5.41) is 0.591. The third kappa shape index (κ3) is 5.00. The largest absolute Gasteiger partial charge is 0.482 e. The van der Waals surface area contributed by atoms with Gasteiger partial charge in [0.25, 0.3) is 0 Å². The van der Waals surface area contributed by atoms with Gasteiger partial charge in [0.05, 0.1) is 10.0 Å². The number of hydrogen-bond donors (Lipinski definition) is 0. The predicted octanol–water partition coefficient (Wildman–Crippen LogP) is 7.45. The first kappa shape index (κ1) is 27.8. The molecule has 0 saturated heterocycles. The molecule has 2 atom stereocenters. The van der Waals surface area contributed by atoms with Crippen LogP contribution < -0.4 is 18.9 Å². The number of ether oxygens (including phenoxy) is 4. The molecular formula is C30H32Cl2O7. The average molecular weight is 575 g/mol. The Kier molecular flexibility index (Phi) is 7.59. The Morgan fingerprint density at radius 3 is 1.87 bits per heavy atom. The zero-order valence-corrected chi connectivity index (χ0v) is 23.9. The smallest absolute Gasteiger partial charge is 0.308 e. The molecule has 2 aromatic carbocycles. The summed E-state index contributed by atoms with van der Waals surface area (Å²) in [5.74, 6) is -0.275. The van der Waals surface area contributed by atoms with Crippen LogP contribution in [0.1, 0.15) is 89.7 Å². The molecule has 39 heavy (non-hydrogen) atoms. The maximum Gasteiger partial charge on any atom is 0.308 e.